The number of likely N-dealkylation sites (tertiary alicyclic amines) is 4. The molecule has 0 unspecified atom stereocenters. The highest BCUT2D eigenvalue weighted by molar-refractivity contribution is 5.88. The van der Waals surface area contributed by atoms with Crippen LogP contribution in [0.2, 0.25) is 0 Å². The summed E-state index contributed by atoms with van der Waals surface area (Å²) >= 11 is 0. The Morgan fingerprint density at radius 2 is 0.683 bits per heavy atom. The SMILES string of the molecule is CC.CC.CC.CC.CC.CC.CC.CC.CC.CC(C)N1CCC=CC1=O.CC(C)N1CCCCC1.CC(C)N1CCCCC1.CC(C)N1CCCCC1.CC(C)N1CCCCC1=O.CC(C)N1CCCCN1C.CC(C)N1CCCN(C)C1.CC(C)N1CCOCC1.CC(C)n1ccccc1=O. The largest absolute Gasteiger partial charge is 0.379 e. The third-order valence-corrected chi connectivity index (χ3v) is 17.5. The Morgan fingerprint density at radius 1 is 0.327 bits per heavy atom. The number of rotatable bonds is 9. The van der Waals surface area contributed by atoms with Gasteiger partial charge in [-0.1, -0.05) is 156 Å². The predicted molar refractivity (Wildman–Crippen MR) is 471 cm³/mol. The van der Waals surface area contributed by atoms with E-state index in [1.54, 1.807) is 29.0 Å². The number of aromatic nitrogens is 1. The van der Waals surface area contributed by atoms with Gasteiger partial charge in [-0.3, -0.25) is 29.1 Å². The van der Waals surface area contributed by atoms with Crippen molar-refractivity contribution < 1.29 is 14.3 Å². The summed E-state index contributed by atoms with van der Waals surface area (Å²) in [7, 11) is 4.37. The standard InChI is InChI=1S/2C8H18N2.C8H15NO.C8H13NO.C8H11NO.3C8H17N.C7H15NO.9C2H6/c1-8(2)10-6-4-5-9(3)7-10;1-8(2)10-7-5-4-6-9(10)3;3*1-7(2)9-6-4-3-5-8(9)10;3*1-8(2)9-6-4-3-5-7-9;1-7(2)8-3-5-9-6-4-8;9*1-2/h2*8H,4-7H2,1-3H3;7H,3-6H2,1-2H3;3,5,7H,4,6H2,1-2H3;3-7H,1-2H3;3*8H,3-7H2,1-2H3;7H,3-6H2,1-2H3;9*1-2H3. The Morgan fingerprint density at radius 3 is 0.933 bits per heavy atom. The molecular formula is C89H195N11O4. The minimum Gasteiger partial charge on any atom is -0.379 e. The fourth-order valence-corrected chi connectivity index (χ4v) is 11.7. The normalized spacial score (nSPS) is 17.8. The molecule has 0 radical (unpaired) electrons. The molecular weight excluding hydrogens is 1290 g/mol. The molecule has 0 N–H and O–H groups in total. The molecule has 15 nitrogen and oxygen atoms in total. The first-order chi connectivity index (χ1) is 49.8. The number of ether oxygens (including phenoxy) is 1. The third kappa shape index (κ3) is 67.4. The molecule has 104 heavy (non-hydrogen) atoms. The van der Waals surface area contributed by atoms with E-state index < -0.39 is 0 Å². The lowest BCUT2D eigenvalue weighted by molar-refractivity contribution is -0.135. The number of nitrogens with zero attached hydrogens (tertiary/aromatic N) is 11. The van der Waals surface area contributed by atoms with Crippen molar-refractivity contribution in [3.05, 3.63) is 46.9 Å². The Bertz CT molecular complexity index is 1800. The number of carbonyl (C=O) groups excluding carboxylic acids is 2. The molecule has 0 saturated carbocycles. The first-order valence-electron chi connectivity index (χ1n) is 44.2. The summed E-state index contributed by atoms with van der Waals surface area (Å²) in [6.07, 6.45) is 26.3. The van der Waals surface area contributed by atoms with Gasteiger partial charge in [0.1, 0.15) is 0 Å². The number of amides is 2. The molecule has 9 rings (SSSR count). The quantitative estimate of drug-likeness (QED) is 0.235. The van der Waals surface area contributed by atoms with Crippen LogP contribution in [-0.4, -0.2) is 240 Å². The molecule has 0 aromatic carbocycles. The van der Waals surface area contributed by atoms with Crippen LogP contribution in [0.25, 0.3) is 0 Å². The van der Waals surface area contributed by atoms with Crippen LogP contribution in [-0.2, 0) is 14.3 Å². The van der Waals surface area contributed by atoms with E-state index in [-0.39, 0.29) is 17.5 Å². The molecule has 1 aromatic rings. The van der Waals surface area contributed by atoms with Crippen LogP contribution < -0.4 is 5.56 Å². The van der Waals surface area contributed by atoms with Crippen LogP contribution in [0.5, 0.6) is 0 Å². The van der Waals surface area contributed by atoms with Crippen LogP contribution in [0.4, 0.5) is 0 Å². The summed E-state index contributed by atoms with van der Waals surface area (Å²) in [6.45, 7) is 95.4. The molecule has 7 saturated heterocycles. The minimum absolute atomic E-state index is 0.0671. The highest BCUT2D eigenvalue weighted by atomic mass is 16.5. The summed E-state index contributed by atoms with van der Waals surface area (Å²) in [5.41, 5.74) is 0.0671. The van der Waals surface area contributed by atoms with Gasteiger partial charge in [-0.05, 0) is 260 Å². The highest BCUT2D eigenvalue weighted by Gasteiger charge is 2.22. The van der Waals surface area contributed by atoms with E-state index in [1.165, 1.54) is 149 Å². The molecule has 0 bridgehead atoms. The van der Waals surface area contributed by atoms with E-state index in [2.05, 4.69) is 150 Å². The number of hydrogen-bond donors (Lipinski definition) is 0. The monoisotopic (exact) mass is 1480 g/mol. The van der Waals surface area contributed by atoms with Crippen molar-refractivity contribution in [2.45, 2.75) is 406 Å². The Kier molecular flexibility index (Phi) is 101. The van der Waals surface area contributed by atoms with Crippen molar-refractivity contribution in [1.82, 2.24) is 53.8 Å². The van der Waals surface area contributed by atoms with Gasteiger partial charge in [0.05, 0.1) is 19.9 Å². The van der Waals surface area contributed by atoms with Crippen molar-refractivity contribution in [1.29, 1.82) is 0 Å². The van der Waals surface area contributed by atoms with Gasteiger partial charge in [-0.15, -0.1) is 0 Å². The summed E-state index contributed by atoms with van der Waals surface area (Å²) < 4.78 is 6.90. The molecule has 8 aliphatic heterocycles. The van der Waals surface area contributed by atoms with Gasteiger partial charge in [0.25, 0.3) is 5.56 Å². The van der Waals surface area contributed by atoms with Gasteiger partial charge >= 0.3 is 0 Å². The van der Waals surface area contributed by atoms with Crippen molar-refractivity contribution in [3.8, 4) is 0 Å². The topological polar surface area (TPSA) is 97.8 Å². The average Bonchev–Trinajstić information content (AvgIpc) is 0.937. The summed E-state index contributed by atoms with van der Waals surface area (Å²) in [5, 5.41) is 4.78. The van der Waals surface area contributed by atoms with E-state index in [0.717, 1.165) is 83.4 Å². The van der Waals surface area contributed by atoms with Crippen LogP contribution in [0.1, 0.15) is 358 Å². The summed E-state index contributed by atoms with van der Waals surface area (Å²) in [6, 6.07) is 10.6. The van der Waals surface area contributed by atoms with Gasteiger partial charge in [0.2, 0.25) is 11.8 Å². The van der Waals surface area contributed by atoms with Gasteiger partial charge < -0.3 is 33.8 Å². The smallest absolute Gasteiger partial charge is 0.250 e. The van der Waals surface area contributed by atoms with E-state index in [1.807, 2.05) is 174 Å². The third-order valence-electron chi connectivity index (χ3n) is 17.5. The maximum absolute atomic E-state index is 11.2. The second-order valence-electron chi connectivity index (χ2n) is 27.6. The van der Waals surface area contributed by atoms with Gasteiger partial charge in [0.15, 0.2) is 0 Å². The lowest BCUT2D eigenvalue weighted by Gasteiger charge is -2.38. The Labute approximate surface area is 655 Å². The van der Waals surface area contributed by atoms with Crippen molar-refractivity contribution in [2.24, 2.45) is 0 Å². The Balaban J connectivity index is -0.000000136. The fourth-order valence-electron chi connectivity index (χ4n) is 11.7. The Hall–Kier alpha value is -2.73. The zero-order valence-corrected chi connectivity index (χ0v) is 78.0. The first kappa shape index (κ1) is 120. The van der Waals surface area contributed by atoms with Crippen LogP contribution in [0.15, 0.2) is 41.3 Å². The average molecular weight is 1480 g/mol. The number of carbonyl (C=O) groups is 2. The number of morpholine rings is 1. The predicted octanol–water partition coefficient (Wildman–Crippen LogP) is 22.0. The van der Waals surface area contributed by atoms with E-state index >= 15 is 0 Å². The highest BCUT2D eigenvalue weighted by Crippen LogP contribution is 2.16. The van der Waals surface area contributed by atoms with Gasteiger partial charge in [-0.25, -0.2) is 10.0 Å². The first-order valence-corrected chi connectivity index (χ1v) is 44.2. The lowest BCUT2D eigenvalue weighted by atomic mass is 10.1. The molecule has 9 heterocycles. The molecule has 1 aromatic heterocycles. The van der Waals surface area contributed by atoms with Crippen LogP contribution in [0, 0.1) is 0 Å². The van der Waals surface area contributed by atoms with Gasteiger partial charge in [0, 0.05) is 132 Å². The number of hydrazine groups is 1. The number of hydrogen-bond acceptors (Lipinski definition) is 12. The van der Waals surface area contributed by atoms with Gasteiger partial charge in [-0.2, -0.15) is 0 Å². The molecule has 7 fully saturated rings. The zero-order chi connectivity index (χ0) is 82.6. The van der Waals surface area contributed by atoms with Crippen molar-refractivity contribution >= 4 is 11.8 Å². The summed E-state index contributed by atoms with van der Waals surface area (Å²) in [4.78, 5) is 52.1. The lowest BCUT2D eigenvalue weighted by Crippen LogP contribution is -2.48. The minimum atomic E-state index is 0.0671. The fraction of sp³-hybridized carbons (Fsp3) is 0.899. The van der Waals surface area contributed by atoms with Crippen LogP contribution >= 0.6 is 0 Å². The molecule has 2 amide bonds. The summed E-state index contributed by atoms with van der Waals surface area (Å²) in [5.74, 6) is 0.488. The molecule has 15 heteroatoms. The van der Waals surface area contributed by atoms with Crippen molar-refractivity contribution in [3.63, 3.8) is 0 Å². The molecule has 8 aliphatic rings. The maximum atomic E-state index is 11.2. The van der Waals surface area contributed by atoms with Crippen LogP contribution in [0.3, 0.4) is 0 Å². The molecule has 630 valence electrons. The number of piperidine rings is 4. The molecule has 0 spiro atoms. The number of pyridine rings is 1. The van der Waals surface area contributed by atoms with E-state index in [4.69, 9.17) is 4.74 Å². The second-order valence-corrected chi connectivity index (χ2v) is 27.6. The maximum Gasteiger partial charge on any atom is 0.250 e. The zero-order valence-electron chi connectivity index (χ0n) is 78.0. The van der Waals surface area contributed by atoms with E-state index in [9.17, 15) is 14.4 Å². The second kappa shape index (κ2) is 87.5. The molecule has 0 atom stereocenters. The molecule has 0 aliphatic carbocycles. The van der Waals surface area contributed by atoms with Crippen molar-refractivity contribution in [2.75, 3.05) is 126 Å². The van der Waals surface area contributed by atoms with E-state index in [0.29, 0.717) is 36.1 Å².